The lowest BCUT2D eigenvalue weighted by Crippen LogP contribution is -2.35. The minimum Gasteiger partial charge on any atom is -0.341 e. The van der Waals surface area contributed by atoms with Gasteiger partial charge in [-0.2, -0.15) is 14.7 Å². The van der Waals surface area contributed by atoms with E-state index in [-0.39, 0.29) is 0 Å². The van der Waals surface area contributed by atoms with E-state index in [0.717, 1.165) is 70.7 Å². The van der Waals surface area contributed by atoms with Gasteiger partial charge in [-0.05, 0) is 42.5 Å². The van der Waals surface area contributed by atoms with E-state index in [2.05, 4.69) is 76.3 Å². The average molecular weight is 421 g/mol. The second kappa shape index (κ2) is 7.64. The Kier molecular flexibility index (Phi) is 4.49. The Balaban J connectivity index is 1.56. The number of benzene rings is 2. The smallest absolute Gasteiger partial charge is 0.227 e. The number of piperidine rings is 1. The van der Waals surface area contributed by atoms with Crippen molar-refractivity contribution in [2.75, 3.05) is 18.0 Å². The monoisotopic (exact) mass is 420 g/mol. The largest absolute Gasteiger partial charge is 0.341 e. The zero-order valence-electron chi connectivity index (χ0n) is 17.8. The van der Waals surface area contributed by atoms with Gasteiger partial charge in [-0.3, -0.25) is 5.10 Å². The highest BCUT2D eigenvalue weighted by molar-refractivity contribution is 5.96. The molecule has 2 aromatic carbocycles. The van der Waals surface area contributed by atoms with E-state index in [4.69, 9.17) is 10.1 Å². The predicted molar refractivity (Wildman–Crippen MR) is 129 cm³/mol. The molecule has 0 bridgehead atoms. The Morgan fingerprint density at radius 2 is 1.84 bits per heavy atom. The summed E-state index contributed by atoms with van der Waals surface area (Å²) < 4.78 is 2.02. The molecule has 4 heterocycles. The van der Waals surface area contributed by atoms with Gasteiger partial charge in [0.05, 0.1) is 17.2 Å². The molecule has 1 aliphatic rings. The van der Waals surface area contributed by atoms with Crippen molar-refractivity contribution in [1.82, 2.24) is 24.8 Å². The molecular formula is C26H24N6. The number of aromatic amines is 1. The summed E-state index contributed by atoms with van der Waals surface area (Å²) in [5, 5.41) is 13.4. The summed E-state index contributed by atoms with van der Waals surface area (Å²) in [6.45, 7) is 5.89. The first kappa shape index (κ1) is 18.8. The number of nitrogens with zero attached hydrogens (tertiary/aromatic N) is 5. The first-order chi connectivity index (χ1) is 15.8. The lowest BCUT2D eigenvalue weighted by Gasteiger charge is -2.31. The third kappa shape index (κ3) is 3.07. The van der Waals surface area contributed by atoms with Gasteiger partial charge in [0.2, 0.25) is 5.95 Å². The van der Waals surface area contributed by atoms with Crippen LogP contribution in [0.3, 0.4) is 0 Å². The van der Waals surface area contributed by atoms with Crippen molar-refractivity contribution in [3.05, 3.63) is 79.6 Å². The highest BCUT2D eigenvalue weighted by Crippen LogP contribution is 2.37. The molecule has 158 valence electrons. The van der Waals surface area contributed by atoms with Crippen molar-refractivity contribution in [2.24, 2.45) is 5.92 Å². The van der Waals surface area contributed by atoms with E-state index in [0.29, 0.717) is 5.92 Å². The molecule has 3 aromatic heterocycles. The van der Waals surface area contributed by atoms with E-state index in [1.54, 1.807) is 0 Å². The summed E-state index contributed by atoms with van der Waals surface area (Å²) in [6, 6.07) is 18.8. The zero-order chi connectivity index (χ0) is 21.5. The molecule has 0 aliphatic carbocycles. The van der Waals surface area contributed by atoms with Crippen LogP contribution in [0.15, 0.2) is 79.6 Å². The molecule has 32 heavy (non-hydrogen) atoms. The van der Waals surface area contributed by atoms with E-state index in [1.165, 1.54) is 0 Å². The van der Waals surface area contributed by atoms with E-state index >= 15 is 0 Å². The van der Waals surface area contributed by atoms with Crippen LogP contribution in [0.4, 0.5) is 5.95 Å². The van der Waals surface area contributed by atoms with Crippen LogP contribution in [0.25, 0.3) is 38.8 Å². The summed E-state index contributed by atoms with van der Waals surface area (Å²) in [7, 11) is 0. The molecule has 1 aliphatic heterocycles. The number of rotatable bonds is 4. The second-order valence-electron chi connectivity index (χ2n) is 8.36. The third-order valence-corrected chi connectivity index (χ3v) is 6.46. The van der Waals surface area contributed by atoms with E-state index in [9.17, 15) is 0 Å². The molecule has 0 amide bonds. The number of H-pyrrole nitrogens is 1. The normalized spacial score (nSPS) is 14.9. The Morgan fingerprint density at radius 1 is 1.00 bits per heavy atom. The van der Waals surface area contributed by atoms with Gasteiger partial charge >= 0.3 is 0 Å². The van der Waals surface area contributed by atoms with Crippen molar-refractivity contribution >= 4 is 22.4 Å². The van der Waals surface area contributed by atoms with Crippen molar-refractivity contribution in [1.29, 1.82) is 0 Å². The molecule has 0 unspecified atom stereocenters. The Morgan fingerprint density at radius 3 is 2.66 bits per heavy atom. The first-order valence-corrected chi connectivity index (χ1v) is 11.1. The standard InChI is InChI=1S/C26H24N6/c1-2-18-11-14-31(15-12-18)26-27-13-10-23-24(20-8-9-22-21(16-20)17-28-29-22)25(30-32(23)26)19-6-4-3-5-7-19/h2-10,13,16-18H,1,11-12,14-15H2,(H,28,29). The lowest BCUT2D eigenvalue weighted by molar-refractivity contribution is 0.472. The molecule has 1 saturated heterocycles. The van der Waals surface area contributed by atoms with Crippen LogP contribution in [0.2, 0.25) is 0 Å². The fourth-order valence-electron chi connectivity index (χ4n) is 4.70. The van der Waals surface area contributed by atoms with Gasteiger partial charge in [-0.25, -0.2) is 4.98 Å². The number of nitrogens with one attached hydrogen (secondary N) is 1. The topological polar surface area (TPSA) is 62.1 Å². The van der Waals surface area contributed by atoms with Crippen LogP contribution in [-0.2, 0) is 0 Å². The summed E-state index contributed by atoms with van der Waals surface area (Å²) in [4.78, 5) is 7.10. The summed E-state index contributed by atoms with van der Waals surface area (Å²) >= 11 is 0. The van der Waals surface area contributed by atoms with Crippen molar-refractivity contribution in [3.8, 4) is 22.4 Å². The number of allylic oxidation sites excluding steroid dienone is 1. The maximum atomic E-state index is 5.11. The van der Waals surface area contributed by atoms with Gasteiger partial charge in [0.25, 0.3) is 0 Å². The van der Waals surface area contributed by atoms with Crippen LogP contribution < -0.4 is 4.90 Å². The van der Waals surface area contributed by atoms with Crippen LogP contribution in [0, 0.1) is 5.92 Å². The Bertz CT molecular complexity index is 1410. The minimum atomic E-state index is 0.584. The highest BCUT2D eigenvalue weighted by atomic mass is 15.4. The maximum Gasteiger partial charge on any atom is 0.227 e. The quantitative estimate of drug-likeness (QED) is 0.399. The summed E-state index contributed by atoms with van der Waals surface area (Å²) in [5.41, 5.74) is 6.37. The molecule has 1 N–H and O–H groups in total. The molecule has 5 aromatic rings. The highest BCUT2D eigenvalue weighted by Gasteiger charge is 2.24. The third-order valence-electron chi connectivity index (χ3n) is 6.46. The summed E-state index contributed by atoms with van der Waals surface area (Å²) in [6.07, 6.45) is 8.04. The van der Waals surface area contributed by atoms with E-state index in [1.807, 2.05) is 23.0 Å². The van der Waals surface area contributed by atoms with Crippen LogP contribution in [-0.4, -0.2) is 37.9 Å². The summed E-state index contributed by atoms with van der Waals surface area (Å²) in [5.74, 6) is 1.48. The number of aromatic nitrogens is 5. The van der Waals surface area contributed by atoms with Crippen LogP contribution in [0.1, 0.15) is 12.8 Å². The minimum absolute atomic E-state index is 0.584. The van der Waals surface area contributed by atoms with Crippen molar-refractivity contribution in [2.45, 2.75) is 12.8 Å². The lowest BCUT2D eigenvalue weighted by atomic mass is 9.97. The number of hydrogen-bond donors (Lipinski definition) is 1. The molecular weight excluding hydrogens is 396 g/mol. The molecule has 1 fully saturated rings. The van der Waals surface area contributed by atoms with Gasteiger partial charge in [-0.1, -0.05) is 42.5 Å². The van der Waals surface area contributed by atoms with Crippen molar-refractivity contribution < 1.29 is 0 Å². The van der Waals surface area contributed by atoms with Gasteiger partial charge in [-0.15, -0.1) is 6.58 Å². The van der Waals surface area contributed by atoms with Crippen molar-refractivity contribution in [3.63, 3.8) is 0 Å². The van der Waals surface area contributed by atoms with E-state index < -0.39 is 0 Å². The SMILES string of the molecule is C=CC1CCN(c2nccc3c(-c4ccc5[nH]ncc5c4)c(-c4ccccc4)nn23)CC1. The fourth-order valence-corrected chi connectivity index (χ4v) is 4.70. The molecule has 0 atom stereocenters. The predicted octanol–water partition coefficient (Wildman–Crippen LogP) is 5.34. The van der Waals surface area contributed by atoms with Gasteiger partial charge in [0, 0.05) is 35.8 Å². The first-order valence-electron chi connectivity index (χ1n) is 11.1. The number of anilines is 1. The molecule has 0 spiro atoms. The maximum absolute atomic E-state index is 5.11. The van der Waals surface area contributed by atoms with Gasteiger partial charge in [0.1, 0.15) is 5.69 Å². The van der Waals surface area contributed by atoms with Gasteiger partial charge < -0.3 is 4.90 Å². The zero-order valence-corrected chi connectivity index (χ0v) is 17.8. The second-order valence-corrected chi connectivity index (χ2v) is 8.36. The van der Waals surface area contributed by atoms with Crippen LogP contribution >= 0.6 is 0 Å². The average Bonchev–Trinajstić information content (AvgIpc) is 3.48. The van der Waals surface area contributed by atoms with Crippen LogP contribution in [0.5, 0.6) is 0 Å². The van der Waals surface area contributed by atoms with Gasteiger partial charge in [0.15, 0.2) is 0 Å². The molecule has 0 radical (unpaired) electrons. The molecule has 6 rings (SSSR count). The number of hydrogen-bond acceptors (Lipinski definition) is 4. The molecule has 6 nitrogen and oxygen atoms in total. The number of fused-ring (bicyclic) bond motifs is 2. The molecule has 6 heteroatoms. The Hall–Kier alpha value is -3.93. The Labute approximate surface area is 186 Å². The fraction of sp³-hybridized carbons (Fsp3) is 0.192. The molecule has 0 saturated carbocycles.